The van der Waals surface area contributed by atoms with Gasteiger partial charge in [0.05, 0.1) is 0 Å². The molecule has 0 fully saturated rings. The molecule has 1 aromatic rings. The van der Waals surface area contributed by atoms with Gasteiger partial charge in [-0.3, -0.25) is 0 Å². The monoisotopic (exact) mass is 191 g/mol. The van der Waals surface area contributed by atoms with Crippen LogP contribution in [0.3, 0.4) is 0 Å². The van der Waals surface area contributed by atoms with Crippen LogP contribution in [0.25, 0.3) is 0 Å². The first-order chi connectivity index (χ1) is 6.65. The summed E-state index contributed by atoms with van der Waals surface area (Å²) in [5.74, 6) is 0.450. The SMILES string of the molecule is CCCc1ccc(C(C)C(C)N)cc1. The molecule has 0 saturated heterocycles. The molecule has 0 bridgehead atoms. The first-order valence-corrected chi connectivity index (χ1v) is 5.49. The minimum absolute atomic E-state index is 0.229. The van der Waals surface area contributed by atoms with Gasteiger partial charge in [0.25, 0.3) is 0 Å². The molecule has 0 aliphatic rings. The Kier molecular flexibility index (Phi) is 4.15. The zero-order valence-electron chi connectivity index (χ0n) is 9.46. The molecule has 1 nitrogen and oxygen atoms in total. The summed E-state index contributed by atoms with van der Waals surface area (Å²) >= 11 is 0. The van der Waals surface area contributed by atoms with Crippen molar-refractivity contribution in [1.82, 2.24) is 0 Å². The summed E-state index contributed by atoms with van der Waals surface area (Å²) in [6, 6.07) is 9.08. The average molecular weight is 191 g/mol. The molecule has 0 aliphatic heterocycles. The molecule has 2 atom stereocenters. The van der Waals surface area contributed by atoms with Gasteiger partial charge in [-0.25, -0.2) is 0 Å². The molecule has 0 aromatic heterocycles. The summed E-state index contributed by atoms with van der Waals surface area (Å²) < 4.78 is 0. The summed E-state index contributed by atoms with van der Waals surface area (Å²) in [6.45, 7) is 6.45. The highest BCUT2D eigenvalue weighted by Crippen LogP contribution is 2.18. The zero-order chi connectivity index (χ0) is 10.6. The molecule has 1 aromatic carbocycles. The highest BCUT2D eigenvalue weighted by molar-refractivity contribution is 5.25. The summed E-state index contributed by atoms with van der Waals surface area (Å²) in [5, 5.41) is 0. The van der Waals surface area contributed by atoms with E-state index in [0.717, 1.165) is 0 Å². The number of hydrogen-bond acceptors (Lipinski definition) is 1. The zero-order valence-corrected chi connectivity index (χ0v) is 9.46. The van der Waals surface area contributed by atoms with E-state index < -0.39 is 0 Å². The van der Waals surface area contributed by atoms with Crippen molar-refractivity contribution in [2.24, 2.45) is 5.73 Å². The van der Waals surface area contributed by atoms with Crippen LogP contribution in [-0.2, 0) is 6.42 Å². The Labute approximate surface area is 87.3 Å². The molecule has 0 aliphatic carbocycles. The van der Waals surface area contributed by atoms with Crippen LogP contribution in [0.4, 0.5) is 0 Å². The van der Waals surface area contributed by atoms with E-state index in [9.17, 15) is 0 Å². The smallest absolute Gasteiger partial charge is 0.00766 e. The van der Waals surface area contributed by atoms with Crippen LogP contribution in [0.2, 0.25) is 0 Å². The van der Waals surface area contributed by atoms with Crippen molar-refractivity contribution in [3.05, 3.63) is 35.4 Å². The van der Waals surface area contributed by atoms with Gasteiger partial charge < -0.3 is 5.73 Å². The first kappa shape index (κ1) is 11.3. The van der Waals surface area contributed by atoms with Gasteiger partial charge in [-0.05, 0) is 30.4 Å². The molecular weight excluding hydrogens is 170 g/mol. The normalized spacial score (nSPS) is 15.1. The number of aryl methyl sites for hydroxylation is 1. The highest BCUT2D eigenvalue weighted by Gasteiger charge is 2.09. The summed E-state index contributed by atoms with van der Waals surface area (Å²) in [5.41, 5.74) is 8.64. The molecule has 14 heavy (non-hydrogen) atoms. The highest BCUT2D eigenvalue weighted by atomic mass is 14.6. The lowest BCUT2D eigenvalue weighted by Crippen LogP contribution is -2.22. The van der Waals surface area contributed by atoms with Crippen LogP contribution in [-0.4, -0.2) is 6.04 Å². The molecule has 0 heterocycles. The second-order valence-electron chi connectivity index (χ2n) is 4.14. The van der Waals surface area contributed by atoms with Gasteiger partial charge in [0.1, 0.15) is 0 Å². The van der Waals surface area contributed by atoms with Crippen LogP contribution in [0.15, 0.2) is 24.3 Å². The van der Waals surface area contributed by atoms with E-state index in [4.69, 9.17) is 5.73 Å². The second-order valence-corrected chi connectivity index (χ2v) is 4.14. The fourth-order valence-corrected chi connectivity index (χ4v) is 1.58. The van der Waals surface area contributed by atoms with Crippen molar-refractivity contribution < 1.29 is 0 Å². The maximum atomic E-state index is 5.86. The quantitative estimate of drug-likeness (QED) is 0.777. The Morgan fingerprint density at radius 2 is 1.71 bits per heavy atom. The maximum Gasteiger partial charge on any atom is 0.00766 e. The van der Waals surface area contributed by atoms with Gasteiger partial charge in [-0.15, -0.1) is 0 Å². The maximum absolute atomic E-state index is 5.86. The molecule has 0 spiro atoms. The van der Waals surface area contributed by atoms with Gasteiger partial charge in [0.15, 0.2) is 0 Å². The fraction of sp³-hybridized carbons (Fsp3) is 0.538. The van der Waals surface area contributed by atoms with E-state index >= 15 is 0 Å². The van der Waals surface area contributed by atoms with Gasteiger partial charge in [0, 0.05) is 6.04 Å². The number of rotatable bonds is 4. The Balaban J connectivity index is 2.72. The molecule has 2 unspecified atom stereocenters. The third kappa shape index (κ3) is 2.85. The number of nitrogens with two attached hydrogens (primary N) is 1. The van der Waals surface area contributed by atoms with Crippen LogP contribution in [0.5, 0.6) is 0 Å². The Hall–Kier alpha value is -0.820. The van der Waals surface area contributed by atoms with Crippen molar-refractivity contribution in [3.8, 4) is 0 Å². The standard InChI is InChI=1S/C13H21N/c1-4-5-12-6-8-13(9-7-12)10(2)11(3)14/h6-11H,4-5,14H2,1-3H3. The second kappa shape index (κ2) is 5.16. The van der Waals surface area contributed by atoms with Crippen LogP contribution < -0.4 is 5.73 Å². The average Bonchev–Trinajstić information content (AvgIpc) is 2.18. The molecule has 0 amide bonds. The largest absolute Gasteiger partial charge is 0.327 e. The van der Waals surface area contributed by atoms with E-state index in [1.807, 2.05) is 0 Å². The number of hydrogen-bond donors (Lipinski definition) is 1. The minimum atomic E-state index is 0.229. The topological polar surface area (TPSA) is 26.0 Å². The summed E-state index contributed by atoms with van der Waals surface area (Å²) in [7, 11) is 0. The van der Waals surface area contributed by atoms with Crippen LogP contribution in [0.1, 0.15) is 44.2 Å². The number of benzene rings is 1. The molecule has 1 rings (SSSR count). The Bertz CT molecular complexity index is 261. The van der Waals surface area contributed by atoms with Gasteiger partial charge >= 0.3 is 0 Å². The van der Waals surface area contributed by atoms with Crippen molar-refractivity contribution in [2.75, 3.05) is 0 Å². The predicted octanol–water partition coefficient (Wildman–Crippen LogP) is 3.09. The predicted molar refractivity (Wildman–Crippen MR) is 62.5 cm³/mol. The van der Waals surface area contributed by atoms with E-state index in [1.165, 1.54) is 24.0 Å². The first-order valence-electron chi connectivity index (χ1n) is 5.49. The van der Waals surface area contributed by atoms with Crippen molar-refractivity contribution in [1.29, 1.82) is 0 Å². The third-order valence-corrected chi connectivity index (χ3v) is 2.83. The third-order valence-electron chi connectivity index (χ3n) is 2.83. The Morgan fingerprint density at radius 3 is 2.14 bits per heavy atom. The fourth-order valence-electron chi connectivity index (χ4n) is 1.58. The van der Waals surface area contributed by atoms with E-state index in [2.05, 4.69) is 45.0 Å². The molecule has 0 radical (unpaired) electrons. The molecule has 1 heteroatoms. The summed E-state index contributed by atoms with van der Waals surface area (Å²) in [6.07, 6.45) is 2.38. The summed E-state index contributed by atoms with van der Waals surface area (Å²) in [4.78, 5) is 0. The van der Waals surface area contributed by atoms with Gasteiger partial charge in [-0.1, -0.05) is 44.5 Å². The Morgan fingerprint density at radius 1 is 1.14 bits per heavy atom. The van der Waals surface area contributed by atoms with E-state index in [0.29, 0.717) is 5.92 Å². The van der Waals surface area contributed by atoms with Crippen LogP contribution in [0, 0.1) is 0 Å². The van der Waals surface area contributed by atoms with Crippen molar-refractivity contribution in [2.45, 2.75) is 45.6 Å². The molecular formula is C13H21N. The van der Waals surface area contributed by atoms with Crippen LogP contribution >= 0.6 is 0 Å². The molecule has 78 valence electrons. The van der Waals surface area contributed by atoms with E-state index in [1.54, 1.807) is 0 Å². The minimum Gasteiger partial charge on any atom is -0.327 e. The lowest BCUT2D eigenvalue weighted by molar-refractivity contribution is 0.613. The van der Waals surface area contributed by atoms with E-state index in [-0.39, 0.29) is 6.04 Å². The van der Waals surface area contributed by atoms with Crippen molar-refractivity contribution in [3.63, 3.8) is 0 Å². The molecule has 2 N–H and O–H groups in total. The lowest BCUT2D eigenvalue weighted by Gasteiger charge is -2.16. The molecule has 0 saturated carbocycles. The lowest BCUT2D eigenvalue weighted by atomic mass is 9.94. The van der Waals surface area contributed by atoms with Crippen molar-refractivity contribution >= 4 is 0 Å². The van der Waals surface area contributed by atoms with Gasteiger partial charge in [-0.2, -0.15) is 0 Å². The van der Waals surface area contributed by atoms with Gasteiger partial charge in [0.2, 0.25) is 0 Å².